The SMILES string of the molecule is OC1(Cc2c(F)cccc2Br)CCOCC1. The molecule has 1 fully saturated rings. The zero-order valence-electron chi connectivity index (χ0n) is 8.88. The molecule has 0 radical (unpaired) electrons. The average Bonchev–Trinajstić information content (AvgIpc) is 2.25. The molecule has 4 heteroatoms. The van der Waals surface area contributed by atoms with Crippen molar-refractivity contribution in [1.29, 1.82) is 0 Å². The van der Waals surface area contributed by atoms with Gasteiger partial charge in [0.2, 0.25) is 0 Å². The van der Waals surface area contributed by atoms with Crippen LogP contribution >= 0.6 is 15.9 Å². The highest BCUT2D eigenvalue weighted by atomic mass is 79.9. The van der Waals surface area contributed by atoms with Crippen LogP contribution in [0.15, 0.2) is 22.7 Å². The summed E-state index contributed by atoms with van der Waals surface area (Å²) in [5, 5.41) is 10.3. The van der Waals surface area contributed by atoms with E-state index >= 15 is 0 Å². The van der Waals surface area contributed by atoms with Crippen molar-refractivity contribution in [1.82, 2.24) is 0 Å². The van der Waals surface area contributed by atoms with Crippen LogP contribution in [0.3, 0.4) is 0 Å². The quantitative estimate of drug-likeness (QED) is 0.907. The minimum absolute atomic E-state index is 0.269. The fraction of sp³-hybridized carbons (Fsp3) is 0.500. The van der Waals surface area contributed by atoms with Crippen LogP contribution in [-0.4, -0.2) is 23.9 Å². The molecule has 0 spiro atoms. The smallest absolute Gasteiger partial charge is 0.127 e. The lowest BCUT2D eigenvalue weighted by molar-refractivity contribution is -0.0630. The molecule has 1 N–H and O–H groups in total. The molecule has 0 aromatic heterocycles. The van der Waals surface area contributed by atoms with Gasteiger partial charge in [0.05, 0.1) is 5.60 Å². The summed E-state index contributed by atoms with van der Waals surface area (Å²) in [6, 6.07) is 4.86. The van der Waals surface area contributed by atoms with Gasteiger partial charge < -0.3 is 9.84 Å². The maximum Gasteiger partial charge on any atom is 0.127 e. The summed E-state index contributed by atoms with van der Waals surface area (Å²) in [6.07, 6.45) is 1.46. The van der Waals surface area contributed by atoms with Gasteiger partial charge in [0.25, 0.3) is 0 Å². The molecule has 0 unspecified atom stereocenters. The number of hydrogen-bond donors (Lipinski definition) is 1. The van der Waals surface area contributed by atoms with Gasteiger partial charge in [-0.25, -0.2) is 4.39 Å². The topological polar surface area (TPSA) is 29.5 Å². The molecule has 1 aromatic carbocycles. The normalized spacial score (nSPS) is 19.7. The van der Waals surface area contributed by atoms with Crippen molar-refractivity contribution in [3.63, 3.8) is 0 Å². The predicted octanol–water partition coefficient (Wildman–Crippen LogP) is 2.67. The van der Waals surface area contributed by atoms with Gasteiger partial charge >= 0.3 is 0 Å². The van der Waals surface area contributed by atoms with Crippen molar-refractivity contribution in [2.24, 2.45) is 0 Å². The Morgan fingerprint density at radius 2 is 2.06 bits per heavy atom. The number of benzene rings is 1. The molecule has 2 rings (SSSR count). The molecule has 1 aliphatic heterocycles. The molecule has 0 atom stereocenters. The van der Waals surface area contributed by atoms with Crippen molar-refractivity contribution in [3.8, 4) is 0 Å². The standard InChI is InChI=1S/C12H14BrFO2/c13-10-2-1-3-11(14)9(10)8-12(15)4-6-16-7-5-12/h1-3,15H,4-8H2. The zero-order valence-corrected chi connectivity index (χ0v) is 10.5. The molecule has 0 saturated carbocycles. The highest BCUT2D eigenvalue weighted by Gasteiger charge is 2.31. The van der Waals surface area contributed by atoms with E-state index in [1.165, 1.54) is 6.07 Å². The minimum Gasteiger partial charge on any atom is -0.389 e. The van der Waals surface area contributed by atoms with Crippen LogP contribution in [-0.2, 0) is 11.2 Å². The molecule has 0 aliphatic carbocycles. The average molecular weight is 289 g/mol. The highest BCUT2D eigenvalue weighted by Crippen LogP contribution is 2.29. The lowest BCUT2D eigenvalue weighted by Gasteiger charge is -2.32. The lowest BCUT2D eigenvalue weighted by atomic mass is 9.87. The summed E-state index contributed by atoms with van der Waals surface area (Å²) < 4.78 is 19.5. The highest BCUT2D eigenvalue weighted by molar-refractivity contribution is 9.10. The van der Waals surface area contributed by atoms with E-state index in [9.17, 15) is 9.50 Å². The van der Waals surface area contributed by atoms with Crippen LogP contribution in [0.5, 0.6) is 0 Å². The molecular formula is C12H14BrFO2. The summed E-state index contributed by atoms with van der Waals surface area (Å²) in [7, 11) is 0. The van der Waals surface area contributed by atoms with E-state index in [0.717, 1.165) is 0 Å². The molecule has 1 saturated heterocycles. The van der Waals surface area contributed by atoms with Gasteiger partial charge in [-0.1, -0.05) is 22.0 Å². The predicted molar refractivity (Wildman–Crippen MR) is 62.8 cm³/mol. The maximum absolute atomic E-state index is 13.6. The molecular weight excluding hydrogens is 275 g/mol. The second-order valence-electron chi connectivity index (χ2n) is 4.21. The van der Waals surface area contributed by atoms with Gasteiger partial charge in [-0.15, -0.1) is 0 Å². The van der Waals surface area contributed by atoms with Crippen LogP contribution < -0.4 is 0 Å². The Balaban J connectivity index is 2.19. The first-order valence-corrected chi connectivity index (χ1v) is 6.13. The van der Waals surface area contributed by atoms with Gasteiger partial charge in [-0.3, -0.25) is 0 Å². The van der Waals surface area contributed by atoms with E-state index in [1.54, 1.807) is 12.1 Å². The maximum atomic E-state index is 13.6. The molecule has 16 heavy (non-hydrogen) atoms. The third-order valence-electron chi connectivity index (χ3n) is 2.99. The number of ether oxygens (including phenoxy) is 1. The molecule has 1 aromatic rings. The van der Waals surface area contributed by atoms with E-state index in [1.807, 2.05) is 0 Å². The van der Waals surface area contributed by atoms with Crippen molar-refractivity contribution >= 4 is 15.9 Å². The number of hydrogen-bond acceptors (Lipinski definition) is 2. The first-order chi connectivity index (χ1) is 7.61. The van der Waals surface area contributed by atoms with Crippen LogP contribution in [0.25, 0.3) is 0 Å². The van der Waals surface area contributed by atoms with Crippen LogP contribution in [0.2, 0.25) is 0 Å². The van der Waals surface area contributed by atoms with Gasteiger partial charge in [-0.2, -0.15) is 0 Å². The second-order valence-corrected chi connectivity index (χ2v) is 5.07. The van der Waals surface area contributed by atoms with Crippen molar-refractivity contribution in [2.45, 2.75) is 24.9 Å². The van der Waals surface area contributed by atoms with E-state index in [4.69, 9.17) is 4.74 Å². The third-order valence-corrected chi connectivity index (χ3v) is 3.73. The number of aliphatic hydroxyl groups is 1. The van der Waals surface area contributed by atoms with Gasteiger partial charge in [0.1, 0.15) is 5.82 Å². The fourth-order valence-electron chi connectivity index (χ4n) is 1.96. The lowest BCUT2D eigenvalue weighted by Crippen LogP contribution is -2.38. The second kappa shape index (κ2) is 4.82. The summed E-state index contributed by atoms with van der Waals surface area (Å²) >= 11 is 3.32. The van der Waals surface area contributed by atoms with Crippen LogP contribution in [0, 0.1) is 5.82 Å². The monoisotopic (exact) mass is 288 g/mol. The van der Waals surface area contributed by atoms with Crippen LogP contribution in [0.4, 0.5) is 4.39 Å². The Morgan fingerprint density at radius 1 is 1.38 bits per heavy atom. The molecule has 0 amide bonds. The minimum atomic E-state index is -0.830. The first kappa shape index (κ1) is 12.0. The first-order valence-electron chi connectivity index (χ1n) is 5.34. The Kier molecular flexibility index (Phi) is 3.62. The summed E-state index contributed by atoms with van der Waals surface area (Å²) in [4.78, 5) is 0. The summed E-state index contributed by atoms with van der Waals surface area (Å²) in [5.41, 5.74) is -0.282. The van der Waals surface area contributed by atoms with Crippen molar-refractivity contribution in [2.75, 3.05) is 13.2 Å². The summed E-state index contributed by atoms with van der Waals surface area (Å²) in [5.74, 6) is -0.269. The Bertz CT molecular complexity index is 355. The van der Waals surface area contributed by atoms with Crippen molar-refractivity contribution in [3.05, 3.63) is 34.1 Å². The van der Waals surface area contributed by atoms with E-state index < -0.39 is 5.60 Å². The van der Waals surface area contributed by atoms with E-state index in [0.29, 0.717) is 42.5 Å². The molecule has 1 aliphatic rings. The fourth-order valence-corrected chi connectivity index (χ4v) is 2.44. The van der Waals surface area contributed by atoms with Crippen LogP contribution in [0.1, 0.15) is 18.4 Å². The Labute approximate surface area is 103 Å². The molecule has 0 bridgehead atoms. The summed E-state index contributed by atoms with van der Waals surface area (Å²) in [6.45, 7) is 1.09. The molecule has 1 heterocycles. The molecule has 88 valence electrons. The third kappa shape index (κ3) is 2.62. The van der Waals surface area contributed by atoms with Gasteiger partial charge in [-0.05, 0) is 25.0 Å². The molecule has 2 nitrogen and oxygen atoms in total. The van der Waals surface area contributed by atoms with E-state index in [-0.39, 0.29) is 5.82 Å². The number of halogens is 2. The van der Waals surface area contributed by atoms with E-state index in [2.05, 4.69) is 15.9 Å². The van der Waals surface area contributed by atoms with Gasteiger partial charge in [0, 0.05) is 29.7 Å². The van der Waals surface area contributed by atoms with Crippen molar-refractivity contribution < 1.29 is 14.2 Å². The van der Waals surface area contributed by atoms with Gasteiger partial charge in [0.15, 0.2) is 0 Å². The largest absolute Gasteiger partial charge is 0.389 e. The Hall–Kier alpha value is -0.450. The zero-order chi connectivity index (χ0) is 11.6. The number of rotatable bonds is 2. The Morgan fingerprint density at radius 3 is 2.69 bits per heavy atom.